The first-order valence-corrected chi connectivity index (χ1v) is 10.4. The molecule has 1 aliphatic heterocycles. The standard InChI is InChI=1S/C23H20N2O3S/c26-23(24-10-9-16-14-25-18-4-2-1-3-17(16)18)22-8-7-21(29-22)15-5-6-19-20(13-15)28-12-11-27-19/h1-8,13-14,25H,9-12H2,(H,24,26). The van der Waals surface area contributed by atoms with Gasteiger partial charge in [-0.25, -0.2) is 0 Å². The topological polar surface area (TPSA) is 63.4 Å². The van der Waals surface area contributed by atoms with Gasteiger partial charge in [0, 0.05) is 28.5 Å². The summed E-state index contributed by atoms with van der Waals surface area (Å²) in [7, 11) is 0. The Balaban J connectivity index is 1.24. The Morgan fingerprint density at radius 3 is 2.83 bits per heavy atom. The van der Waals surface area contributed by atoms with Gasteiger partial charge in [0.05, 0.1) is 4.88 Å². The number of hydrogen-bond donors (Lipinski definition) is 2. The van der Waals surface area contributed by atoms with Crippen LogP contribution < -0.4 is 14.8 Å². The number of H-pyrrole nitrogens is 1. The maximum absolute atomic E-state index is 12.6. The van der Waals surface area contributed by atoms with Crippen LogP contribution in [-0.4, -0.2) is 30.6 Å². The molecule has 0 saturated heterocycles. The highest BCUT2D eigenvalue weighted by molar-refractivity contribution is 7.17. The molecule has 0 saturated carbocycles. The number of nitrogens with one attached hydrogen (secondary N) is 2. The average Bonchev–Trinajstić information content (AvgIpc) is 3.41. The second kappa shape index (κ2) is 7.64. The molecule has 4 aromatic rings. The number of benzene rings is 2. The van der Waals surface area contributed by atoms with Gasteiger partial charge >= 0.3 is 0 Å². The highest BCUT2D eigenvalue weighted by atomic mass is 32.1. The third-order valence-electron chi connectivity index (χ3n) is 5.01. The number of aromatic amines is 1. The van der Waals surface area contributed by atoms with E-state index in [0.717, 1.165) is 33.9 Å². The van der Waals surface area contributed by atoms with Gasteiger partial charge in [0.2, 0.25) is 0 Å². The zero-order valence-electron chi connectivity index (χ0n) is 15.7. The minimum atomic E-state index is -0.0429. The zero-order chi connectivity index (χ0) is 19.6. The van der Waals surface area contributed by atoms with Crippen LogP contribution in [0.25, 0.3) is 21.3 Å². The monoisotopic (exact) mass is 404 g/mol. The van der Waals surface area contributed by atoms with Crippen LogP contribution in [0, 0.1) is 0 Å². The normalized spacial score (nSPS) is 12.8. The highest BCUT2D eigenvalue weighted by Crippen LogP contribution is 2.36. The number of rotatable bonds is 5. The van der Waals surface area contributed by atoms with Crippen LogP contribution in [0.2, 0.25) is 0 Å². The summed E-state index contributed by atoms with van der Waals surface area (Å²) in [6.07, 6.45) is 2.80. The molecule has 1 aliphatic rings. The van der Waals surface area contributed by atoms with Crippen LogP contribution in [0.3, 0.4) is 0 Å². The lowest BCUT2D eigenvalue weighted by Gasteiger charge is -2.18. The Kier molecular flexibility index (Phi) is 4.69. The molecule has 3 heterocycles. The van der Waals surface area contributed by atoms with E-state index in [1.165, 1.54) is 22.3 Å². The SMILES string of the molecule is O=C(NCCc1c[nH]c2ccccc12)c1ccc(-c2ccc3c(c2)OCCO3)s1. The van der Waals surface area contributed by atoms with Crippen molar-refractivity contribution in [2.24, 2.45) is 0 Å². The second-order valence-corrected chi connectivity index (χ2v) is 7.97. The van der Waals surface area contributed by atoms with E-state index in [-0.39, 0.29) is 5.91 Å². The van der Waals surface area contributed by atoms with E-state index < -0.39 is 0 Å². The molecule has 0 spiro atoms. The molecule has 29 heavy (non-hydrogen) atoms. The van der Waals surface area contributed by atoms with E-state index in [2.05, 4.69) is 22.4 Å². The van der Waals surface area contributed by atoms with Gasteiger partial charge in [-0.15, -0.1) is 11.3 Å². The van der Waals surface area contributed by atoms with Crippen LogP contribution >= 0.6 is 11.3 Å². The number of ether oxygens (including phenoxy) is 2. The largest absolute Gasteiger partial charge is 0.486 e. The van der Waals surface area contributed by atoms with Crippen molar-refractivity contribution in [3.05, 3.63) is 71.2 Å². The lowest BCUT2D eigenvalue weighted by Crippen LogP contribution is -2.24. The molecule has 5 nitrogen and oxygen atoms in total. The summed E-state index contributed by atoms with van der Waals surface area (Å²) in [5, 5.41) is 4.24. The molecule has 2 aromatic carbocycles. The number of carbonyl (C=O) groups is 1. The molecule has 146 valence electrons. The summed E-state index contributed by atoms with van der Waals surface area (Å²) in [6.45, 7) is 1.73. The minimum Gasteiger partial charge on any atom is -0.486 e. The van der Waals surface area contributed by atoms with E-state index in [9.17, 15) is 4.79 Å². The first-order chi connectivity index (χ1) is 14.3. The Bertz CT molecular complexity index is 1180. The van der Waals surface area contributed by atoms with E-state index in [4.69, 9.17) is 9.47 Å². The molecule has 0 radical (unpaired) electrons. The van der Waals surface area contributed by atoms with Crippen molar-refractivity contribution in [1.82, 2.24) is 10.3 Å². The number of amides is 1. The van der Waals surface area contributed by atoms with Gasteiger partial charge in [-0.1, -0.05) is 18.2 Å². The maximum atomic E-state index is 12.6. The second-order valence-electron chi connectivity index (χ2n) is 6.89. The molecule has 1 amide bonds. The highest BCUT2D eigenvalue weighted by Gasteiger charge is 2.15. The first-order valence-electron chi connectivity index (χ1n) is 9.61. The molecular formula is C23H20N2O3S. The van der Waals surface area contributed by atoms with E-state index in [0.29, 0.717) is 24.6 Å². The molecule has 0 fully saturated rings. The van der Waals surface area contributed by atoms with Gasteiger partial charge in [0.15, 0.2) is 11.5 Å². The van der Waals surface area contributed by atoms with Gasteiger partial charge in [-0.2, -0.15) is 0 Å². The predicted octanol–water partition coefficient (Wildman–Crippen LogP) is 4.64. The van der Waals surface area contributed by atoms with Crippen LogP contribution in [0.5, 0.6) is 11.5 Å². The molecule has 0 unspecified atom stereocenters. The van der Waals surface area contributed by atoms with Crippen molar-refractivity contribution in [3.8, 4) is 21.9 Å². The van der Waals surface area contributed by atoms with Crippen molar-refractivity contribution < 1.29 is 14.3 Å². The fourth-order valence-electron chi connectivity index (χ4n) is 3.55. The average molecular weight is 404 g/mol. The van der Waals surface area contributed by atoms with Gasteiger partial charge in [0.25, 0.3) is 5.91 Å². The minimum absolute atomic E-state index is 0.0429. The number of fused-ring (bicyclic) bond motifs is 2. The fourth-order valence-corrected chi connectivity index (χ4v) is 4.47. The predicted molar refractivity (Wildman–Crippen MR) is 115 cm³/mol. The van der Waals surface area contributed by atoms with Gasteiger partial charge in [-0.05, 0) is 53.9 Å². The van der Waals surface area contributed by atoms with Gasteiger partial charge < -0.3 is 19.8 Å². The van der Waals surface area contributed by atoms with E-state index in [1.54, 1.807) is 0 Å². The van der Waals surface area contributed by atoms with Crippen molar-refractivity contribution in [1.29, 1.82) is 0 Å². The Hall–Kier alpha value is -3.25. The summed E-state index contributed by atoms with van der Waals surface area (Å²) in [5.41, 5.74) is 3.36. The molecule has 0 bridgehead atoms. The van der Waals surface area contributed by atoms with Gasteiger partial charge in [-0.3, -0.25) is 4.79 Å². The lowest BCUT2D eigenvalue weighted by molar-refractivity contribution is 0.0958. The summed E-state index contributed by atoms with van der Waals surface area (Å²) >= 11 is 1.48. The fraction of sp³-hybridized carbons (Fsp3) is 0.174. The van der Waals surface area contributed by atoms with E-state index >= 15 is 0 Å². The molecule has 2 N–H and O–H groups in total. The quantitative estimate of drug-likeness (QED) is 0.509. The molecular weight excluding hydrogens is 384 g/mol. The number of thiophene rings is 1. The number of para-hydroxylation sites is 1. The van der Waals surface area contributed by atoms with Crippen LogP contribution in [0.1, 0.15) is 15.2 Å². The molecule has 2 aromatic heterocycles. The van der Waals surface area contributed by atoms with Crippen LogP contribution in [0.4, 0.5) is 0 Å². The number of carbonyl (C=O) groups excluding carboxylic acids is 1. The molecule has 5 rings (SSSR count). The molecule has 0 atom stereocenters. The Morgan fingerprint density at radius 2 is 1.90 bits per heavy atom. The van der Waals surface area contributed by atoms with Crippen molar-refractivity contribution >= 4 is 28.1 Å². The lowest BCUT2D eigenvalue weighted by atomic mass is 10.1. The smallest absolute Gasteiger partial charge is 0.261 e. The van der Waals surface area contributed by atoms with Crippen molar-refractivity contribution in [3.63, 3.8) is 0 Å². The van der Waals surface area contributed by atoms with Crippen LogP contribution in [-0.2, 0) is 6.42 Å². The third-order valence-corrected chi connectivity index (χ3v) is 6.14. The zero-order valence-corrected chi connectivity index (χ0v) is 16.6. The summed E-state index contributed by atoms with van der Waals surface area (Å²) in [4.78, 5) is 17.6. The summed E-state index contributed by atoms with van der Waals surface area (Å²) in [5.74, 6) is 1.48. The van der Waals surface area contributed by atoms with E-state index in [1.807, 2.05) is 48.7 Å². The van der Waals surface area contributed by atoms with Crippen molar-refractivity contribution in [2.75, 3.05) is 19.8 Å². The maximum Gasteiger partial charge on any atom is 0.261 e. The number of hydrogen-bond acceptors (Lipinski definition) is 4. The van der Waals surface area contributed by atoms with Gasteiger partial charge in [0.1, 0.15) is 13.2 Å². The summed E-state index contributed by atoms with van der Waals surface area (Å²) in [6, 6.07) is 17.9. The first kappa shape index (κ1) is 17.8. The number of aromatic nitrogens is 1. The Morgan fingerprint density at radius 1 is 1.03 bits per heavy atom. The van der Waals surface area contributed by atoms with Crippen molar-refractivity contribution in [2.45, 2.75) is 6.42 Å². The molecule has 0 aliphatic carbocycles. The van der Waals surface area contributed by atoms with Crippen LogP contribution in [0.15, 0.2) is 60.8 Å². The Labute approximate surface area is 172 Å². The molecule has 6 heteroatoms. The summed E-state index contributed by atoms with van der Waals surface area (Å²) < 4.78 is 11.2. The third kappa shape index (κ3) is 3.59.